The Balaban J connectivity index is 2.13. The summed E-state index contributed by atoms with van der Waals surface area (Å²) in [6.45, 7) is 8.35. The van der Waals surface area contributed by atoms with E-state index in [1.54, 1.807) is 4.63 Å². The van der Waals surface area contributed by atoms with Gasteiger partial charge in [0, 0.05) is 27.1 Å². The molecule has 0 amide bonds. The normalized spacial score (nSPS) is 13.8. The molecule has 0 bridgehead atoms. The quantitative estimate of drug-likeness (QED) is 0.415. The molecule has 1 unspecified atom stereocenters. The first-order valence-corrected chi connectivity index (χ1v) is 9.76. The van der Waals surface area contributed by atoms with Crippen molar-refractivity contribution in [3.63, 3.8) is 0 Å². The molecule has 0 saturated carbocycles. The van der Waals surface area contributed by atoms with E-state index < -0.39 is 0 Å². The van der Waals surface area contributed by atoms with Gasteiger partial charge in [0.15, 0.2) is 11.5 Å². The lowest BCUT2D eigenvalue weighted by molar-refractivity contribution is 0.808. The third-order valence-electron chi connectivity index (χ3n) is 4.83. The van der Waals surface area contributed by atoms with Gasteiger partial charge in [-0.05, 0) is 24.1 Å². The predicted molar refractivity (Wildman–Crippen MR) is 110 cm³/mol. The number of hydrogen-bond donors (Lipinski definition) is 0. The number of fused-ring (bicyclic) bond motifs is 1. The Bertz CT molecular complexity index is 1080. The van der Waals surface area contributed by atoms with Crippen molar-refractivity contribution in [2.24, 2.45) is 0 Å². The number of rotatable bonds is 4. The highest BCUT2D eigenvalue weighted by atomic mass is 28.1. The minimum atomic E-state index is -0.0770. The monoisotopic (exact) mass is 358 g/mol. The fourth-order valence-electron chi connectivity index (χ4n) is 3.46. The molecule has 0 saturated heterocycles. The lowest BCUT2D eigenvalue weighted by atomic mass is 10.00. The van der Waals surface area contributed by atoms with Gasteiger partial charge in [0.05, 0.1) is 5.69 Å². The molecule has 2 heterocycles. The minimum absolute atomic E-state index is 0.0770. The first kappa shape index (κ1) is 16.5. The summed E-state index contributed by atoms with van der Waals surface area (Å²) in [6, 6.07) is 20.6. The van der Waals surface area contributed by atoms with Gasteiger partial charge in [-0.3, -0.25) is 4.57 Å². The second-order valence-electron chi connectivity index (χ2n) is 7.06. The van der Waals surface area contributed by atoms with E-state index in [9.17, 15) is 0 Å². The number of aromatic nitrogens is 4. The summed E-state index contributed by atoms with van der Waals surface area (Å²) in [6.07, 6.45) is 2.04. The second kappa shape index (κ2) is 6.11. The zero-order valence-corrected chi connectivity index (χ0v) is 17.3. The van der Waals surface area contributed by atoms with Crippen LogP contribution in [-0.4, -0.2) is 29.6 Å². The molecule has 26 heavy (non-hydrogen) atoms. The fraction of sp³-hybridized carbons (Fsp3) is 0.143. The van der Waals surface area contributed by atoms with Crippen molar-refractivity contribution in [3.05, 3.63) is 84.6 Å². The van der Waals surface area contributed by atoms with E-state index in [1.165, 1.54) is 5.56 Å². The SMILES string of the molecule is C=CC(C)([SiH3])c1c(C)nn2nc(-c3ccccc3)n(-c3ccccc3)c12. The maximum Gasteiger partial charge on any atom is 0.168 e. The van der Waals surface area contributed by atoms with Crippen LogP contribution in [0.4, 0.5) is 0 Å². The lowest BCUT2D eigenvalue weighted by Gasteiger charge is -2.20. The molecule has 0 aliphatic carbocycles. The molecule has 4 nitrogen and oxygen atoms in total. The third kappa shape index (κ3) is 2.52. The van der Waals surface area contributed by atoms with Crippen molar-refractivity contribution in [3.8, 4) is 17.1 Å². The molecular formula is C21H22N4Si. The molecule has 0 aliphatic rings. The summed E-state index contributed by atoms with van der Waals surface area (Å²) >= 11 is 0. The largest absolute Gasteiger partial charge is 0.275 e. The van der Waals surface area contributed by atoms with Gasteiger partial charge in [-0.1, -0.05) is 61.5 Å². The average molecular weight is 359 g/mol. The second-order valence-corrected chi connectivity index (χ2v) is 9.14. The number of allylic oxidation sites excluding steroid dienone is 1. The Kier molecular flexibility index (Phi) is 3.88. The van der Waals surface area contributed by atoms with Crippen molar-refractivity contribution < 1.29 is 0 Å². The van der Waals surface area contributed by atoms with E-state index in [2.05, 4.69) is 61.4 Å². The standard InChI is InChI=1S/C21H22N4Si/c1-4-21(3,26)18-15(2)22-25-20(18)24(17-13-9-6-10-14-17)19(23-25)16-11-7-5-8-12-16/h4-14H,1H2,2-3,26H3. The van der Waals surface area contributed by atoms with Gasteiger partial charge in [-0.2, -0.15) is 5.10 Å². The van der Waals surface area contributed by atoms with Gasteiger partial charge >= 0.3 is 0 Å². The molecule has 4 aromatic rings. The minimum Gasteiger partial charge on any atom is -0.275 e. The van der Waals surface area contributed by atoms with E-state index in [4.69, 9.17) is 10.2 Å². The third-order valence-corrected chi connectivity index (χ3v) is 5.74. The zero-order valence-electron chi connectivity index (χ0n) is 15.3. The van der Waals surface area contributed by atoms with Crippen LogP contribution in [0.5, 0.6) is 0 Å². The van der Waals surface area contributed by atoms with Crippen LogP contribution >= 0.6 is 0 Å². The van der Waals surface area contributed by atoms with Crippen LogP contribution in [0.25, 0.3) is 22.7 Å². The van der Waals surface area contributed by atoms with Gasteiger partial charge in [-0.15, -0.1) is 16.3 Å². The molecule has 0 fully saturated rings. The average Bonchev–Trinajstić information content (AvgIpc) is 3.17. The summed E-state index contributed by atoms with van der Waals surface area (Å²) in [5.74, 6) is 0.891. The molecule has 4 rings (SSSR count). The predicted octanol–water partition coefficient (Wildman–Crippen LogP) is 3.26. The summed E-state index contributed by atoms with van der Waals surface area (Å²) in [7, 11) is 0.947. The number of aryl methyl sites for hydroxylation is 1. The van der Waals surface area contributed by atoms with Crippen LogP contribution in [-0.2, 0) is 5.04 Å². The lowest BCUT2D eigenvalue weighted by Crippen LogP contribution is -2.20. The van der Waals surface area contributed by atoms with Crippen molar-refractivity contribution in [2.75, 3.05) is 0 Å². The van der Waals surface area contributed by atoms with Crippen LogP contribution < -0.4 is 0 Å². The molecule has 0 aliphatic heterocycles. The smallest absolute Gasteiger partial charge is 0.168 e. The van der Waals surface area contributed by atoms with Crippen molar-refractivity contribution >= 4 is 15.9 Å². The first-order valence-electron chi connectivity index (χ1n) is 8.76. The highest BCUT2D eigenvalue weighted by Crippen LogP contribution is 2.33. The first-order chi connectivity index (χ1) is 12.5. The van der Waals surface area contributed by atoms with Gasteiger partial charge in [0.1, 0.15) is 0 Å². The van der Waals surface area contributed by atoms with Crippen LogP contribution in [0.1, 0.15) is 18.2 Å². The van der Waals surface area contributed by atoms with E-state index in [-0.39, 0.29) is 5.04 Å². The highest BCUT2D eigenvalue weighted by molar-refractivity contribution is 6.18. The van der Waals surface area contributed by atoms with Gasteiger partial charge in [0.2, 0.25) is 0 Å². The van der Waals surface area contributed by atoms with Crippen LogP contribution in [0.3, 0.4) is 0 Å². The van der Waals surface area contributed by atoms with Gasteiger partial charge in [0.25, 0.3) is 0 Å². The summed E-state index contributed by atoms with van der Waals surface area (Å²) in [5.41, 5.74) is 5.38. The number of para-hydroxylation sites is 1. The summed E-state index contributed by atoms with van der Waals surface area (Å²) in [4.78, 5) is 0. The zero-order chi connectivity index (χ0) is 18.3. The van der Waals surface area contributed by atoms with E-state index >= 15 is 0 Å². The van der Waals surface area contributed by atoms with Gasteiger partial charge < -0.3 is 0 Å². The number of hydrogen-bond acceptors (Lipinski definition) is 2. The number of nitrogens with zero attached hydrogens (tertiary/aromatic N) is 4. The Morgan fingerprint density at radius 2 is 1.62 bits per heavy atom. The van der Waals surface area contributed by atoms with E-state index in [0.29, 0.717) is 0 Å². The molecule has 5 heteroatoms. The highest BCUT2D eigenvalue weighted by Gasteiger charge is 2.29. The Morgan fingerprint density at radius 3 is 2.23 bits per heavy atom. The molecule has 1 atom stereocenters. The Morgan fingerprint density at radius 1 is 1.00 bits per heavy atom. The fourth-order valence-corrected chi connectivity index (χ4v) is 4.04. The van der Waals surface area contributed by atoms with Crippen LogP contribution in [0.15, 0.2) is 73.3 Å². The molecule has 2 aromatic carbocycles. The van der Waals surface area contributed by atoms with Gasteiger partial charge in [-0.25, -0.2) is 0 Å². The molecule has 0 N–H and O–H groups in total. The molecule has 0 spiro atoms. The maximum atomic E-state index is 4.84. The van der Waals surface area contributed by atoms with E-state index in [0.717, 1.165) is 38.7 Å². The van der Waals surface area contributed by atoms with Crippen LogP contribution in [0.2, 0.25) is 0 Å². The molecule has 2 aromatic heterocycles. The Labute approximate surface area is 156 Å². The van der Waals surface area contributed by atoms with Crippen molar-refractivity contribution in [1.82, 2.24) is 19.4 Å². The maximum absolute atomic E-state index is 4.84. The summed E-state index contributed by atoms with van der Waals surface area (Å²) in [5, 5.41) is 9.48. The topological polar surface area (TPSA) is 35.1 Å². The summed E-state index contributed by atoms with van der Waals surface area (Å²) < 4.78 is 3.99. The van der Waals surface area contributed by atoms with Crippen molar-refractivity contribution in [2.45, 2.75) is 18.9 Å². The molecule has 130 valence electrons. The van der Waals surface area contributed by atoms with E-state index in [1.807, 2.05) is 30.3 Å². The number of benzene rings is 2. The van der Waals surface area contributed by atoms with Crippen molar-refractivity contribution in [1.29, 1.82) is 0 Å². The molecular weight excluding hydrogens is 336 g/mol. The molecule has 0 radical (unpaired) electrons. The Hall–Kier alpha value is -2.92. The van der Waals surface area contributed by atoms with Crippen LogP contribution in [0, 0.1) is 6.92 Å².